The normalized spacial score (nSPS) is 19.9. The monoisotopic (exact) mass is 248 g/mol. The van der Waals surface area contributed by atoms with Gasteiger partial charge in [0.25, 0.3) is 5.91 Å². The van der Waals surface area contributed by atoms with E-state index in [4.69, 9.17) is 11.5 Å². The highest BCUT2D eigenvalue weighted by atomic mass is 16.1. The third-order valence-electron chi connectivity index (χ3n) is 3.51. The fourth-order valence-electron chi connectivity index (χ4n) is 2.38. The van der Waals surface area contributed by atoms with Crippen LogP contribution in [0.4, 0.5) is 11.4 Å². The molecule has 1 aliphatic heterocycles. The third-order valence-corrected chi connectivity index (χ3v) is 3.51. The molecule has 1 fully saturated rings. The van der Waals surface area contributed by atoms with E-state index in [9.17, 15) is 4.79 Å². The molecule has 0 aliphatic carbocycles. The number of nitrogen functional groups attached to an aromatic ring is 1. The van der Waals surface area contributed by atoms with Gasteiger partial charge < -0.3 is 21.7 Å². The molecule has 1 saturated heterocycles. The van der Waals surface area contributed by atoms with Crippen molar-refractivity contribution in [2.45, 2.75) is 18.9 Å². The van der Waals surface area contributed by atoms with Gasteiger partial charge in [-0.1, -0.05) is 0 Å². The van der Waals surface area contributed by atoms with Crippen molar-refractivity contribution in [3.05, 3.63) is 23.8 Å². The molecular weight excluding hydrogens is 228 g/mol. The smallest absolute Gasteiger partial charge is 0.250 e. The highest BCUT2D eigenvalue weighted by Gasteiger charge is 2.20. The molecule has 5 N–H and O–H groups in total. The number of rotatable bonds is 4. The van der Waals surface area contributed by atoms with Crippen molar-refractivity contribution in [2.75, 3.05) is 31.2 Å². The molecule has 1 heterocycles. The summed E-state index contributed by atoms with van der Waals surface area (Å²) in [7, 11) is 2.12. The van der Waals surface area contributed by atoms with Gasteiger partial charge in [-0.2, -0.15) is 0 Å². The number of hydrogen-bond acceptors (Lipinski definition) is 4. The number of likely N-dealkylation sites (tertiary alicyclic amines) is 1. The summed E-state index contributed by atoms with van der Waals surface area (Å²) in [4.78, 5) is 13.7. The van der Waals surface area contributed by atoms with Gasteiger partial charge >= 0.3 is 0 Å². The largest absolute Gasteiger partial charge is 0.399 e. The number of hydrogen-bond donors (Lipinski definition) is 3. The molecule has 1 aromatic rings. The van der Waals surface area contributed by atoms with E-state index in [0.29, 0.717) is 17.3 Å². The van der Waals surface area contributed by atoms with Gasteiger partial charge in [0, 0.05) is 24.0 Å². The lowest BCUT2D eigenvalue weighted by atomic mass is 10.1. The zero-order valence-corrected chi connectivity index (χ0v) is 10.6. The van der Waals surface area contributed by atoms with E-state index in [1.165, 1.54) is 12.8 Å². The van der Waals surface area contributed by atoms with Crippen LogP contribution < -0.4 is 16.8 Å². The summed E-state index contributed by atoms with van der Waals surface area (Å²) in [6.45, 7) is 1.96. The zero-order valence-electron chi connectivity index (χ0n) is 10.6. The lowest BCUT2D eigenvalue weighted by molar-refractivity contribution is 0.100. The van der Waals surface area contributed by atoms with Crippen LogP contribution in [0, 0.1) is 0 Å². The van der Waals surface area contributed by atoms with Gasteiger partial charge in [0.05, 0.1) is 5.56 Å². The predicted molar refractivity (Wildman–Crippen MR) is 73.5 cm³/mol. The highest BCUT2D eigenvalue weighted by molar-refractivity contribution is 5.99. The van der Waals surface area contributed by atoms with Crippen LogP contribution in [0.15, 0.2) is 18.2 Å². The number of amides is 1. The molecule has 0 aromatic heterocycles. The Morgan fingerprint density at radius 3 is 2.94 bits per heavy atom. The Morgan fingerprint density at radius 2 is 2.33 bits per heavy atom. The maximum absolute atomic E-state index is 11.4. The first-order valence-electron chi connectivity index (χ1n) is 6.21. The molecule has 1 unspecified atom stereocenters. The lowest BCUT2D eigenvalue weighted by Crippen LogP contribution is -2.32. The van der Waals surface area contributed by atoms with Crippen LogP contribution in [0.2, 0.25) is 0 Å². The van der Waals surface area contributed by atoms with Crippen molar-refractivity contribution >= 4 is 17.3 Å². The van der Waals surface area contributed by atoms with Crippen LogP contribution in [0.5, 0.6) is 0 Å². The van der Waals surface area contributed by atoms with Crippen molar-refractivity contribution in [3.8, 4) is 0 Å². The lowest BCUT2D eigenvalue weighted by Gasteiger charge is -2.21. The van der Waals surface area contributed by atoms with Gasteiger partial charge in [-0.15, -0.1) is 0 Å². The first-order valence-corrected chi connectivity index (χ1v) is 6.21. The van der Waals surface area contributed by atoms with E-state index in [1.807, 2.05) is 6.07 Å². The number of nitrogens with two attached hydrogens (primary N) is 2. The molecule has 5 heteroatoms. The molecule has 0 bridgehead atoms. The number of primary amides is 1. The maximum Gasteiger partial charge on any atom is 0.250 e. The second-order valence-corrected chi connectivity index (χ2v) is 4.83. The first-order chi connectivity index (χ1) is 8.58. The minimum atomic E-state index is -0.454. The summed E-state index contributed by atoms with van der Waals surface area (Å²) >= 11 is 0. The number of nitrogens with one attached hydrogen (secondary N) is 1. The molecule has 0 spiro atoms. The molecule has 1 amide bonds. The summed E-state index contributed by atoms with van der Waals surface area (Å²) in [6, 6.07) is 5.71. The van der Waals surface area contributed by atoms with Gasteiger partial charge in [0.2, 0.25) is 0 Å². The Labute approximate surface area is 107 Å². The maximum atomic E-state index is 11.4. The first kappa shape index (κ1) is 12.7. The van der Waals surface area contributed by atoms with Crippen LogP contribution in [0.3, 0.4) is 0 Å². The average Bonchev–Trinajstić information content (AvgIpc) is 2.73. The molecule has 1 aliphatic rings. The fraction of sp³-hybridized carbons (Fsp3) is 0.462. The molecular formula is C13H20N4O. The number of likely N-dealkylation sites (N-methyl/N-ethyl adjacent to an activating group) is 1. The summed E-state index contributed by atoms with van der Waals surface area (Å²) in [6.07, 6.45) is 2.41. The number of nitrogens with zero attached hydrogens (tertiary/aromatic N) is 1. The van der Waals surface area contributed by atoms with Crippen LogP contribution >= 0.6 is 0 Å². The summed E-state index contributed by atoms with van der Waals surface area (Å²) in [5.41, 5.74) is 12.8. The van der Waals surface area contributed by atoms with Gasteiger partial charge in [-0.05, 0) is 44.6 Å². The van der Waals surface area contributed by atoms with Crippen molar-refractivity contribution in [3.63, 3.8) is 0 Å². The number of carbonyl (C=O) groups is 1. The second-order valence-electron chi connectivity index (χ2n) is 4.83. The second kappa shape index (κ2) is 5.27. The Morgan fingerprint density at radius 1 is 1.56 bits per heavy atom. The Kier molecular flexibility index (Phi) is 3.72. The van der Waals surface area contributed by atoms with Crippen molar-refractivity contribution in [1.29, 1.82) is 0 Å². The number of benzene rings is 1. The quantitative estimate of drug-likeness (QED) is 0.690. The number of anilines is 2. The SMILES string of the molecule is CN1CCCC1CNc1ccc(N)cc1C(N)=O. The van der Waals surface area contributed by atoms with Crippen molar-refractivity contribution in [2.24, 2.45) is 5.73 Å². The van der Waals surface area contributed by atoms with E-state index in [2.05, 4.69) is 17.3 Å². The van der Waals surface area contributed by atoms with E-state index < -0.39 is 5.91 Å². The van der Waals surface area contributed by atoms with Crippen LogP contribution in [0.25, 0.3) is 0 Å². The molecule has 0 radical (unpaired) electrons. The molecule has 1 aromatic carbocycles. The summed E-state index contributed by atoms with van der Waals surface area (Å²) < 4.78 is 0. The topological polar surface area (TPSA) is 84.4 Å². The standard InChI is InChI=1S/C13H20N4O/c1-17-6-2-3-10(17)8-16-12-5-4-9(14)7-11(12)13(15)18/h4-5,7,10,16H,2-3,6,8,14H2,1H3,(H2,15,18). The zero-order chi connectivity index (χ0) is 13.1. The van der Waals surface area contributed by atoms with Gasteiger partial charge in [0.15, 0.2) is 0 Å². The Balaban J connectivity index is 2.06. The van der Waals surface area contributed by atoms with Crippen LogP contribution in [-0.2, 0) is 0 Å². The van der Waals surface area contributed by atoms with E-state index in [0.717, 1.165) is 18.8 Å². The third kappa shape index (κ3) is 2.73. The average molecular weight is 248 g/mol. The minimum absolute atomic E-state index is 0.454. The van der Waals surface area contributed by atoms with E-state index in [-0.39, 0.29) is 0 Å². The summed E-state index contributed by atoms with van der Waals surface area (Å²) in [5, 5.41) is 3.30. The molecule has 1 atom stereocenters. The Bertz CT molecular complexity index is 447. The van der Waals surface area contributed by atoms with Gasteiger partial charge in [-0.25, -0.2) is 0 Å². The number of carbonyl (C=O) groups excluding carboxylic acids is 1. The van der Waals surface area contributed by atoms with Crippen molar-refractivity contribution < 1.29 is 4.79 Å². The molecule has 5 nitrogen and oxygen atoms in total. The highest BCUT2D eigenvalue weighted by Crippen LogP contribution is 2.20. The minimum Gasteiger partial charge on any atom is -0.399 e. The molecule has 0 saturated carbocycles. The predicted octanol–water partition coefficient (Wildman–Crippen LogP) is 0.874. The van der Waals surface area contributed by atoms with Gasteiger partial charge in [-0.3, -0.25) is 4.79 Å². The molecule has 98 valence electrons. The Hall–Kier alpha value is -1.75. The fourth-order valence-corrected chi connectivity index (χ4v) is 2.38. The van der Waals surface area contributed by atoms with Crippen LogP contribution in [0.1, 0.15) is 23.2 Å². The van der Waals surface area contributed by atoms with Crippen molar-refractivity contribution in [1.82, 2.24) is 4.90 Å². The summed E-state index contributed by atoms with van der Waals surface area (Å²) in [5.74, 6) is -0.454. The molecule has 18 heavy (non-hydrogen) atoms. The van der Waals surface area contributed by atoms with Gasteiger partial charge in [0.1, 0.15) is 0 Å². The van der Waals surface area contributed by atoms with E-state index >= 15 is 0 Å². The molecule has 2 rings (SSSR count). The van der Waals surface area contributed by atoms with E-state index in [1.54, 1.807) is 12.1 Å². The van der Waals surface area contributed by atoms with Crippen LogP contribution in [-0.4, -0.2) is 37.0 Å².